The highest BCUT2D eigenvalue weighted by atomic mass is 16.5. The van der Waals surface area contributed by atoms with E-state index in [1.807, 2.05) is 30.5 Å². The predicted octanol–water partition coefficient (Wildman–Crippen LogP) is 0.745. The summed E-state index contributed by atoms with van der Waals surface area (Å²) in [7, 11) is 3.38. The van der Waals surface area contributed by atoms with Gasteiger partial charge in [0.2, 0.25) is 5.91 Å². The number of likely N-dealkylation sites (N-methyl/N-ethyl adjacent to an activating group) is 1. The molecule has 2 heterocycles. The first-order chi connectivity index (χ1) is 13.5. The number of benzene rings is 1. The Kier molecular flexibility index (Phi) is 6.30. The molecular formula is C20H27N5O3. The lowest BCUT2D eigenvalue weighted by atomic mass is 9.87. The van der Waals surface area contributed by atoms with Gasteiger partial charge >= 0.3 is 0 Å². The highest BCUT2D eigenvalue weighted by molar-refractivity contribution is 5.84. The van der Waals surface area contributed by atoms with Crippen LogP contribution in [-0.2, 0) is 21.7 Å². The normalized spacial score (nSPS) is 15.6. The number of hydrogen-bond donors (Lipinski definition) is 2. The van der Waals surface area contributed by atoms with Crippen LogP contribution in [0.5, 0.6) is 5.75 Å². The van der Waals surface area contributed by atoms with Gasteiger partial charge in [-0.25, -0.2) is 0 Å². The number of carbonyl (C=O) groups is 2. The van der Waals surface area contributed by atoms with Crippen LogP contribution in [0.1, 0.15) is 18.4 Å². The minimum atomic E-state index is -0.666. The van der Waals surface area contributed by atoms with Crippen LogP contribution >= 0.6 is 0 Å². The van der Waals surface area contributed by atoms with E-state index in [0.717, 1.165) is 18.7 Å². The summed E-state index contributed by atoms with van der Waals surface area (Å²) >= 11 is 0. The Morgan fingerprint density at radius 1 is 1.29 bits per heavy atom. The molecule has 1 aromatic carbocycles. The highest BCUT2D eigenvalue weighted by Crippen LogP contribution is 2.27. The number of aromatic nitrogens is 2. The van der Waals surface area contributed by atoms with Crippen LogP contribution in [0, 0.1) is 0 Å². The fraction of sp³-hybridized carbons (Fsp3) is 0.450. The number of amides is 2. The van der Waals surface area contributed by atoms with E-state index in [-0.39, 0.29) is 18.4 Å². The second kappa shape index (κ2) is 8.88. The van der Waals surface area contributed by atoms with Gasteiger partial charge in [-0.1, -0.05) is 12.1 Å². The molecule has 0 atom stereocenters. The van der Waals surface area contributed by atoms with Crippen LogP contribution in [0.15, 0.2) is 42.7 Å². The zero-order chi connectivity index (χ0) is 20.0. The third-order valence-electron chi connectivity index (χ3n) is 5.01. The maximum Gasteiger partial charge on any atom is 0.259 e. The first kappa shape index (κ1) is 19.9. The third kappa shape index (κ3) is 4.51. The van der Waals surface area contributed by atoms with Crippen molar-refractivity contribution in [2.24, 2.45) is 0 Å². The molecule has 2 N–H and O–H groups in total. The molecule has 0 spiro atoms. The average Bonchev–Trinajstić information content (AvgIpc) is 3.26. The Hall–Kier alpha value is -2.87. The minimum absolute atomic E-state index is 0.0157. The molecule has 1 aliphatic heterocycles. The molecule has 2 amide bonds. The van der Waals surface area contributed by atoms with E-state index in [9.17, 15) is 9.59 Å². The van der Waals surface area contributed by atoms with E-state index < -0.39 is 5.54 Å². The van der Waals surface area contributed by atoms with Gasteiger partial charge in [-0.2, -0.15) is 5.10 Å². The Labute approximate surface area is 164 Å². The van der Waals surface area contributed by atoms with Crippen molar-refractivity contribution in [2.75, 3.05) is 33.8 Å². The molecule has 0 radical (unpaired) electrons. The largest absolute Gasteiger partial charge is 0.484 e. The average molecular weight is 385 g/mol. The summed E-state index contributed by atoms with van der Waals surface area (Å²) in [4.78, 5) is 26.2. The predicted molar refractivity (Wildman–Crippen MR) is 105 cm³/mol. The lowest BCUT2D eigenvalue weighted by molar-refractivity contribution is -0.132. The Balaban J connectivity index is 1.63. The van der Waals surface area contributed by atoms with Crippen molar-refractivity contribution < 1.29 is 14.3 Å². The van der Waals surface area contributed by atoms with E-state index in [1.165, 1.54) is 4.90 Å². The monoisotopic (exact) mass is 385 g/mol. The molecule has 1 aliphatic rings. The van der Waals surface area contributed by atoms with Crippen LogP contribution in [0.2, 0.25) is 0 Å². The van der Waals surface area contributed by atoms with Gasteiger partial charge in [-0.15, -0.1) is 0 Å². The molecule has 8 nitrogen and oxygen atoms in total. The van der Waals surface area contributed by atoms with Crippen LogP contribution < -0.4 is 15.4 Å². The molecule has 3 rings (SSSR count). The van der Waals surface area contributed by atoms with E-state index >= 15 is 0 Å². The first-order valence-corrected chi connectivity index (χ1v) is 9.42. The Morgan fingerprint density at radius 3 is 2.75 bits per heavy atom. The van der Waals surface area contributed by atoms with Gasteiger partial charge in [0.25, 0.3) is 5.91 Å². The topological polar surface area (TPSA) is 88.5 Å². The zero-order valence-electron chi connectivity index (χ0n) is 16.4. The summed E-state index contributed by atoms with van der Waals surface area (Å²) in [5.74, 6) is 0.461. The van der Waals surface area contributed by atoms with Crippen LogP contribution in [0.25, 0.3) is 0 Å². The number of nitrogens with one attached hydrogen (secondary N) is 2. The minimum Gasteiger partial charge on any atom is -0.484 e. The third-order valence-corrected chi connectivity index (χ3v) is 5.01. The second-order valence-corrected chi connectivity index (χ2v) is 7.14. The van der Waals surface area contributed by atoms with Gasteiger partial charge in [0.1, 0.15) is 11.3 Å². The van der Waals surface area contributed by atoms with Crippen LogP contribution in [0.3, 0.4) is 0 Å². The molecule has 150 valence electrons. The maximum atomic E-state index is 13.1. The Bertz CT molecular complexity index is 798. The van der Waals surface area contributed by atoms with Gasteiger partial charge in [0, 0.05) is 33.0 Å². The molecular weight excluding hydrogens is 358 g/mol. The number of hydrogen-bond acceptors (Lipinski definition) is 5. The molecule has 0 unspecified atom stereocenters. The van der Waals surface area contributed by atoms with Crippen LogP contribution in [0.4, 0.5) is 0 Å². The summed E-state index contributed by atoms with van der Waals surface area (Å²) in [6.07, 6.45) is 4.93. The van der Waals surface area contributed by atoms with Crippen molar-refractivity contribution in [3.8, 4) is 5.75 Å². The molecule has 0 saturated carbocycles. The summed E-state index contributed by atoms with van der Waals surface area (Å²) < 4.78 is 7.32. The molecule has 1 aromatic heterocycles. The summed E-state index contributed by atoms with van der Waals surface area (Å²) in [6.45, 7) is 1.92. The first-order valence-electron chi connectivity index (χ1n) is 9.42. The number of ether oxygens (including phenoxy) is 1. The molecule has 2 aromatic rings. The zero-order valence-corrected chi connectivity index (χ0v) is 16.4. The van der Waals surface area contributed by atoms with Gasteiger partial charge in [0.15, 0.2) is 6.61 Å². The van der Waals surface area contributed by atoms with Crippen molar-refractivity contribution >= 4 is 11.8 Å². The standard InChI is InChI=1S/C20H27N5O3/c1-24(2)18(26)15-28-17-6-3-5-16(13-17)14-22-19(27)20(7-10-21-11-8-20)25-12-4-9-23-25/h3-6,9,12-13,21H,7-8,10-11,14-15H2,1-2H3,(H,22,27). The summed E-state index contributed by atoms with van der Waals surface area (Å²) in [5, 5.41) is 10.7. The number of piperidine rings is 1. The molecule has 1 fully saturated rings. The fourth-order valence-corrected chi connectivity index (χ4v) is 3.29. The molecule has 28 heavy (non-hydrogen) atoms. The van der Waals surface area contributed by atoms with Crippen molar-refractivity contribution in [3.63, 3.8) is 0 Å². The molecule has 8 heteroatoms. The second-order valence-electron chi connectivity index (χ2n) is 7.14. The molecule has 0 bridgehead atoms. The van der Waals surface area contributed by atoms with Gasteiger partial charge in [-0.3, -0.25) is 14.3 Å². The molecule has 1 saturated heterocycles. The van der Waals surface area contributed by atoms with Gasteiger partial charge in [0.05, 0.1) is 0 Å². The SMILES string of the molecule is CN(C)C(=O)COc1cccc(CNC(=O)C2(n3cccn3)CCNCC2)c1. The maximum absolute atomic E-state index is 13.1. The van der Waals surface area contributed by atoms with Crippen LogP contribution in [-0.4, -0.2) is 60.3 Å². The lowest BCUT2D eigenvalue weighted by Gasteiger charge is -2.36. The van der Waals surface area contributed by atoms with Crippen molar-refractivity contribution in [1.29, 1.82) is 0 Å². The fourth-order valence-electron chi connectivity index (χ4n) is 3.29. The number of nitrogens with zero attached hydrogens (tertiary/aromatic N) is 3. The highest BCUT2D eigenvalue weighted by Gasteiger charge is 2.41. The van der Waals surface area contributed by atoms with Crippen molar-refractivity contribution in [1.82, 2.24) is 25.3 Å². The smallest absolute Gasteiger partial charge is 0.259 e. The van der Waals surface area contributed by atoms with Crippen molar-refractivity contribution in [3.05, 3.63) is 48.3 Å². The summed E-state index contributed by atoms with van der Waals surface area (Å²) in [5.41, 5.74) is 0.244. The molecule has 0 aliphatic carbocycles. The summed E-state index contributed by atoms with van der Waals surface area (Å²) in [6, 6.07) is 9.25. The van der Waals surface area contributed by atoms with E-state index in [4.69, 9.17) is 4.74 Å². The van der Waals surface area contributed by atoms with E-state index in [1.54, 1.807) is 31.0 Å². The lowest BCUT2D eigenvalue weighted by Crippen LogP contribution is -2.54. The van der Waals surface area contributed by atoms with Gasteiger partial charge < -0.3 is 20.3 Å². The van der Waals surface area contributed by atoms with E-state index in [0.29, 0.717) is 25.1 Å². The number of rotatable bonds is 7. The van der Waals surface area contributed by atoms with Crippen molar-refractivity contribution in [2.45, 2.75) is 24.9 Å². The number of carbonyl (C=O) groups excluding carboxylic acids is 2. The Morgan fingerprint density at radius 2 is 2.07 bits per heavy atom. The quantitative estimate of drug-likeness (QED) is 0.734. The van der Waals surface area contributed by atoms with E-state index in [2.05, 4.69) is 15.7 Å². The van der Waals surface area contributed by atoms with Gasteiger partial charge in [-0.05, 0) is 49.7 Å².